The molecule has 0 aliphatic rings. The van der Waals surface area contributed by atoms with Crippen LogP contribution in [0.3, 0.4) is 0 Å². The Kier molecular flexibility index (Phi) is 4.55. The molecule has 0 aliphatic carbocycles. The van der Waals surface area contributed by atoms with E-state index in [9.17, 15) is 4.79 Å². The zero-order chi connectivity index (χ0) is 19.8. The van der Waals surface area contributed by atoms with E-state index in [4.69, 9.17) is 10.5 Å². The Bertz CT molecular complexity index is 1170. The first-order valence-electron chi connectivity index (χ1n) is 9.47. The first kappa shape index (κ1) is 18.1. The number of methoxy groups -OCH3 is 1. The van der Waals surface area contributed by atoms with Crippen LogP contribution in [0.1, 0.15) is 41.3 Å². The van der Waals surface area contributed by atoms with Crippen LogP contribution in [0, 0.1) is 0 Å². The van der Waals surface area contributed by atoms with Gasteiger partial charge in [-0.2, -0.15) is 0 Å². The van der Waals surface area contributed by atoms with Gasteiger partial charge < -0.3 is 15.0 Å². The highest BCUT2D eigenvalue weighted by Crippen LogP contribution is 2.34. The third-order valence-corrected chi connectivity index (χ3v) is 5.35. The Morgan fingerprint density at radius 1 is 1.04 bits per heavy atom. The normalized spacial score (nSPS) is 11.4. The molecular formula is C24H24N2O2. The summed E-state index contributed by atoms with van der Waals surface area (Å²) in [6, 6.07) is 20.3. The molecule has 4 aromatic rings. The van der Waals surface area contributed by atoms with Crippen molar-refractivity contribution in [3.05, 3.63) is 77.4 Å². The number of primary amides is 1. The molecule has 4 nitrogen and oxygen atoms in total. The highest BCUT2D eigenvalue weighted by atomic mass is 16.5. The highest BCUT2D eigenvalue weighted by Gasteiger charge is 2.17. The van der Waals surface area contributed by atoms with Crippen LogP contribution in [-0.4, -0.2) is 17.6 Å². The summed E-state index contributed by atoms with van der Waals surface area (Å²) in [4.78, 5) is 12.1. The van der Waals surface area contributed by atoms with Crippen molar-refractivity contribution in [1.82, 2.24) is 4.57 Å². The van der Waals surface area contributed by atoms with E-state index in [0.29, 0.717) is 18.0 Å². The Morgan fingerprint density at radius 2 is 1.79 bits per heavy atom. The molecule has 4 rings (SSSR count). The molecule has 0 saturated carbocycles. The lowest BCUT2D eigenvalue weighted by atomic mass is 10.00. The third kappa shape index (κ3) is 3.01. The molecule has 0 radical (unpaired) electrons. The van der Waals surface area contributed by atoms with Crippen molar-refractivity contribution in [3.8, 4) is 5.75 Å². The maximum atomic E-state index is 12.1. The second kappa shape index (κ2) is 7.04. The van der Waals surface area contributed by atoms with Gasteiger partial charge in [-0.15, -0.1) is 0 Å². The summed E-state index contributed by atoms with van der Waals surface area (Å²) in [5.74, 6) is 0.860. The van der Waals surface area contributed by atoms with Crippen molar-refractivity contribution in [2.75, 3.05) is 7.11 Å². The smallest absolute Gasteiger partial charge is 0.249 e. The van der Waals surface area contributed by atoms with Crippen LogP contribution in [0.15, 0.2) is 60.7 Å². The Labute approximate surface area is 164 Å². The average Bonchev–Trinajstić information content (AvgIpc) is 3.01. The van der Waals surface area contributed by atoms with E-state index >= 15 is 0 Å². The molecular weight excluding hydrogens is 348 g/mol. The van der Waals surface area contributed by atoms with Gasteiger partial charge in [0.15, 0.2) is 0 Å². The number of ether oxygens (including phenoxy) is 1. The monoisotopic (exact) mass is 372 g/mol. The molecule has 0 atom stereocenters. The molecule has 142 valence electrons. The van der Waals surface area contributed by atoms with Gasteiger partial charge in [-0.25, -0.2) is 0 Å². The number of benzene rings is 3. The summed E-state index contributed by atoms with van der Waals surface area (Å²) < 4.78 is 7.54. The van der Waals surface area contributed by atoms with Crippen LogP contribution >= 0.6 is 0 Å². The van der Waals surface area contributed by atoms with E-state index in [1.54, 1.807) is 13.2 Å². The third-order valence-electron chi connectivity index (χ3n) is 5.35. The maximum Gasteiger partial charge on any atom is 0.249 e. The Morgan fingerprint density at radius 3 is 2.43 bits per heavy atom. The molecule has 0 unspecified atom stereocenters. The van der Waals surface area contributed by atoms with E-state index in [0.717, 1.165) is 27.6 Å². The van der Waals surface area contributed by atoms with Gasteiger partial charge in [0.1, 0.15) is 5.75 Å². The molecule has 2 N–H and O–H groups in total. The zero-order valence-electron chi connectivity index (χ0n) is 16.4. The van der Waals surface area contributed by atoms with E-state index in [1.165, 1.54) is 11.1 Å². The van der Waals surface area contributed by atoms with Gasteiger partial charge in [-0.1, -0.05) is 44.2 Å². The SMILES string of the molecule is COc1ccc(Cn2c3cc(C(C)C)ccc3c3c(C(N)=O)cccc32)cc1. The Balaban J connectivity index is 1.99. The number of amides is 1. The van der Waals surface area contributed by atoms with Crippen molar-refractivity contribution in [2.45, 2.75) is 26.3 Å². The van der Waals surface area contributed by atoms with Crippen molar-refractivity contribution in [3.63, 3.8) is 0 Å². The van der Waals surface area contributed by atoms with Crippen LogP contribution in [-0.2, 0) is 6.54 Å². The van der Waals surface area contributed by atoms with Gasteiger partial charge in [-0.3, -0.25) is 4.79 Å². The molecule has 0 aliphatic heterocycles. The minimum atomic E-state index is -0.401. The summed E-state index contributed by atoms with van der Waals surface area (Å²) in [6.07, 6.45) is 0. The van der Waals surface area contributed by atoms with Crippen LogP contribution in [0.25, 0.3) is 21.8 Å². The van der Waals surface area contributed by atoms with E-state index in [2.05, 4.69) is 54.8 Å². The number of hydrogen-bond acceptors (Lipinski definition) is 2. The van der Waals surface area contributed by atoms with E-state index in [-0.39, 0.29) is 0 Å². The number of carbonyl (C=O) groups excluding carboxylic acids is 1. The van der Waals surface area contributed by atoms with Crippen LogP contribution in [0.5, 0.6) is 5.75 Å². The summed E-state index contributed by atoms with van der Waals surface area (Å²) in [6.45, 7) is 5.08. The van der Waals surface area contributed by atoms with Crippen molar-refractivity contribution in [2.24, 2.45) is 5.73 Å². The van der Waals surface area contributed by atoms with Crippen molar-refractivity contribution in [1.29, 1.82) is 0 Å². The van der Waals surface area contributed by atoms with Crippen LogP contribution in [0.2, 0.25) is 0 Å². The average molecular weight is 372 g/mol. The predicted molar refractivity (Wildman–Crippen MR) is 114 cm³/mol. The van der Waals surface area contributed by atoms with Gasteiger partial charge in [0, 0.05) is 28.4 Å². The lowest BCUT2D eigenvalue weighted by molar-refractivity contribution is 0.100. The topological polar surface area (TPSA) is 57.2 Å². The number of carbonyl (C=O) groups is 1. The quantitative estimate of drug-likeness (QED) is 0.531. The molecule has 0 saturated heterocycles. The highest BCUT2D eigenvalue weighted by molar-refractivity contribution is 6.18. The van der Waals surface area contributed by atoms with Gasteiger partial charge >= 0.3 is 0 Å². The van der Waals surface area contributed by atoms with Gasteiger partial charge in [0.25, 0.3) is 0 Å². The molecule has 1 amide bonds. The lowest BCUT2D eigenvalue weighted by Gasteiger charge is -2.11. The number of fused-ring (bicyclic) bond motifs is 3. The molecule has 1 aromatic heterocycles. The van der Waals surface area contributed by atoms with Gasteiger partial charge in [-0.05, 0) is 47.4 Å². The number of hydrogen-bond donors (Lipinski definition) is 1. The molecule has 4 heteroatoms. The molecule has 0 spiro atoms. The predicted octanol–water partition coefficient (Wildman–Crippen LogP) is 5.07. The zero-order valence-corrected chi connectivity index (χ0v) is 16.4. The van der Waals surface area contributed by atoms with E-state index < -0.39 is 5.91 Å². The fraction of sp³-hybridized carbons (Fsp3) is 0.208. The number of nitrogens with two attached hydrogens (primary N) is 1. The molecule has 3 aromatic carbocycles. The minimum absolute atomic E-state index is 0.401. The molecule has 0 fully saturated rings. The minimum Gasteiger partial charge on any atom is -0.497 e. The Hall–Kier alpha value is -3.27. The van der Waals surface area contributed by atoms with Crippen molar-refractivity contribution < 1.29 is 9.53 Å². The fourth-order valence-electron chi connectivity index (χ4n) is 3.81. The summed E-state index contributed by atoms with van der Waals surface area (Å²) in [5.41, 5.74) is 10.8. The standard InChI is InChI=1S/C24H24N2O2/c1-15(2)17-9-12-19-22(13-17)26(14-16-7-10-18(28-3)11-8-16)21-6-4-5-20(23(19)21)24(25)27/h4-13,15H,14H2,1-3H3,(H2,25,27). The van der Waals surface area contributed by atoms with Crippen LogP contribution < -0.4 is 10.5 Å². The van der Waals surface area contributed by atoms with Crippen LogP contribution in [0.4, 0.5) is 0 Å². The molecule has 1 heterocycles. The second-order valence-corrected chi connectivity index (χ2v) is 7.43. The lowest BCUT2D eigenvalue weighted by Crippen LogP contribution is -2.11. The molecule has 0 bridgehead atoms. The van der Waals surface area contributed by atoms with Gasteiger partial charge in [0.2, 0.25) is 5.91 Å². The van der Waals surface area contributed by atoms with Gasteiger partial charge in [0.05, 0.1) is 12.6 Å². The number of aromatic nitrogens is 1. The number of rotatable bonds is 5. The fourth-order valence-corrected chi connectivity index (χ4v) is 3.81. The maximum absolute atomic E-state index is 12.1. The second-order valence-electron chi connectivity index (χ2n) is 7.43. The van der Waals surface area contributed by atoms with E-state index in [1.807, 2.05) is 18.2 Å². The number of nitrogens with zero attached hydrogens (tertiary/aromatic N) is 1. The largest absolute Gasteiger partial charge is 0.497 e. The summed E-state index contributed by atoms with van der Waals surface area (Å²) in [7, 11) is 1.67. The summed E-state index contributed by atoms with van der Waals surface area (Å²) in [5, 5.41) is 1.98. The first-order valence-corrected chi connectivity index (χ1v) is 9.47. The first-order chi connectivity index (χ1) is 13.5. The summed E-state index contributed by atoms with van der Waals surface area (Å²) >= 11 is 0. The van der Waals surface area contributed by atoms with Crippen molar-refractivity contribution >= 4 is 27.7 Å². The molecule has 28 heavy (non-hydrogen) atoms.